The van der Waals surface area contributed by atoms with Gasteiger partial charge in [0.2, 0.25) is 0 Å². The molecule has 0 bridgehead atoms. The largest absolute Gasteiger partial charge is 0.461 e. The van der Waals surface area contributed by atoms with Gasteiger partial charge in [-0.15, -0.1) is 11.3 Å². The third kappa shape index (κ3) is 3.82. The Morgan fingerprint density at radius 2 is 2.11 bits per heavy atom. The van der Waals surface area contributed by atoms with Gasteiger partial charge in [-0.3, -0.25) is 0 Å². The first-order chi connectivity index (χ1) is 9.16. The molecule has 0 spiro atoms. The van der Waals surface area contributed by atoms with Gasteiger partial charge in [-0.05, 0) is 18.4 Å². The van der Waals surface area contributed by atoms with Gasteiger partial charge in [-0.2, -0.15) is 0 Å². The monoisotopic (exact) mass is 277 g/mol. The van der Waals surface area contributed by atoms with Crippen LogP contribution >= 0.6 is 11.3 Å². The van der Waals surface area contributed by atoms with Crippen molar-refractivity contribution in [1.82, 2.24) is 15.0 Å². The molecule has 0 aliphatic carbocycles. The summed E-state index contributed by atoms with van der Waals surface area (Å²) in [6.07, 6.45) is 4.14. The number of nitrogens with zero attached hydrogens (tertiary/aromatic N) is 3. The van der Waals surface area contributed by atoms with E-state index in [9.17, 15) is 4.79 Å². The SMILES string of the molecule is CC(C)CCOC(=O)c1csc(-c2ncccn2)n1. The number of ether oxygens (including phenoxy) is 1. The number of carbonyl (C=O) groups excluding carboxylic acids is 1. The molecule has 19 heavy (non-hydrogen) atoms. The molecule has 0 aromatic carbocycles. The Kier molecular flexibility index (Phi) is 4.57. The topological polar surface area (TPSA) is 65.0 Å². The standard InChI is InChI=1S/C13H15N3O2S/c1-9(2)4-7-18-13(17)10-8-19-12(16-10)11-14-5-3-6-15-11/h3,5-6,8-9H,4,7H2,1-2H3. The van der Waals surface area contributed by atoms with E-state index in [1.807, 2.05) is 0 Å². The summed E-state index contributed by atoms with van der Waals surface area (Å²) in [5.41, 5.74) is 0.316. The van der Waals surface area contributed by atoms with Gasteiger partial charge in [0.25, 0.3) is 0 Å². The molecule has 0 N–H and O–H groups in total. The van der Waals surface area contributed by atoms with Crippen LogP contribution in [0.25, 0.3) is 10.8 Å². The van der Waals surface area contributed by atoms with Gasteiger partial charge in [0.1, 0.15) is 0 Å². The van der Waals surface area contributed by atoms with E-state index >= 15 is 0 Å². The predicted molar refractivity (Wildman–Crippen MR) is 72.9 cm³/mol. The van der Waals surface area contributed by atoms with Gasteiger partial charge < -0.3 is 4.74 Å². The zero-order valence-electron chi connectivity index (χ0n) is 10.9. The highest BCUT2D eigenvalue weighted by molar-refractivity contribution is 7.13. The first kappa shape index (κ1) is 13.6. The second-order valence-electron chi connectivity index (χ2n) is 4.43. The number of hydrogen-bond acceptors (Lipinski definition) is 6. The average Bonchev–Trinajstić information content (AvgIpc) is 2.89. The van der Waals surface area contributed by atoms with Gasteiger partial charge in [-0.25, -0.2) is 19.7 Å². The van der Waals surface area contributed by atoms with Gasteiger partial charge in [0.05, 0.1) is 6.61 Å². The lowest BCUT2D eigenvalue weighted by Crippen LogP contribution is -2.08. The van der Waals surface area contributed by atoms with E-state index in [4.69, 9.17) is 4.74 Å². The van der Waals surface area contributed by atoms with Crippen molar-refractivity contribution in [2.75, 3.05) is 6.61 Å². The van der Waals surface area contributed by atoms with Crippen LogP contribution in [0, 0.1) is 5.92 Å². The second kappa shape index (κ2) is 6.38. The first-order valence-corrected chi connectivity index (χ1v) is 6.95. The van der Waals surface area contributed by atoms with Crippen molar-refractivity contribution in [3.8, 4) is 10.8 Å². The van der Waals surface area contributed by atoms with Crippen LogP contribution in [0.4, 0.5) is 0 Å². The number of esters is 1. The molecular weight excluding hydrogens is 262 g/mol. The maximum absolute atomic E-state index is 11.8. The first-order valence-electron chi connectivity index (χ1n) is 6.07. The number of carbonyl (C=O) groups is 1. The molecule has 0 fully saturated rings. The quantitative estimate of drug-likeness (QED) is 0.786. The zero-order valence-corrected chi connectivity index (χ0v) is 11.7. The lowest BCUT2D eigenvalue weighted by atomic mass is 10.1. The van der Waals surface area contributed by atoms with E-state index < -0.39 is 0 Å². The summed E-state index contributed by atoms with van der Waals surface area (Å²) in [6, 6.07) is 1.73. The molecule has 0 aliphatic rings. The molecule has 6 heteroatoms. The maximum Gasteiger partial charge on any atom is 0.357 e. The van der Waals surface area contributed by atoms with Crippen LogP contribution in [0.3, 0.4) is 0 Å². The van der Waals surface area contributed by atoms with E-state index in [1.165, 1.54) is 11.3 Å². The lowest BCUT2D eigenvalue weighted by molar-refractivity contribution is 0.0482. The summed E-state index contributed by atoms with van der Waals surface area (Å²) < 4.78 is 5.15. The second-order valence-corrected chi connectivity index (χ2v) is 5.29. The van der Waals surface area contributed by atoms with E-state index in [2.05, 4.69) is 28.8 Å². The molecular formula is C13H15N3O2S. The Hall–Kier alpha value is -1.82. The van der Waals surface area contributed by atoms with Crippen LogP contribution in [-0.4, -0.2) is 27.5 Å². The summed E-state index contributed by atoms with van der Waals surface area (Å²) in [5, 5.41) is 2.29. The minimum atomic E-state index is -0.390. The fourth-order valence-corrected chi connectivity index (χ4v) is 2.08. The molecule has 0 atom stereocenters. The molecule has 0 radical (unpaired) electrons. The molecule has 2 aromatic rings. The Morgan fingerprint density at radius 1 is 1.37 bits per heavy atom. The zero-order chi connectivity index (χ0) is 13.7. The molecule has 2 heterocycles. The number of rotatable bonds is 5. The minimum Gasteiger partial charge on any atom is -0.461 e. The molecule has 0 unspecified atom stereocenters. The van der Waals surface area contributed by atoms with Crippen molar-refractivity contribution in [2.45, 2.75) is 20.3 Å². The van der Waals surface area contributed by atoms with Gasteiger partial charge in [-0.1, -0.05) is 13.8 Å². The number of aromatic nitrogens is 3. The van der Waals surface area contributed by atoms with E-state index in [0.717, 1.165) is 6.42 Å². The number of hydrogen-bond donors (Lipinski definition) is 0. The highest BCUT2D eigenvalue weighted by Gasteiger charge is 2.14. The highest BCUT2D eigenvalue weighted by atomic mass is 32.1. The van der Waals surface area contributed by atoms with Crippen LogP contribution in [0.1, 0.15) is 30.8 Å². The van der Waals surface area contributed by atoms with Crippen LogP contribution in [0.2, 0.25) is 0 Å². The van der Waals surface area contributed by atoms with Crippen molar-refractivity contribution >= 4 is 17.3 Å². The maximum atomic E-state index is 11.8. The fourth-order valence-electron chi connectivity index (χ4n) is 1.34. The van der Waals surface area contributed by atoms with E-state index in [1.54, 1.807) is 23.8 Å². The summed E-state index contributed by atoms with van der Waals surface area (Å²) in [5.74, 6) is 0.643. The van der Waals surface area contributed by atoms with Crippen LogP contribution in [0.5, 0.6) is 0 Å². The Morgan fingerprint density at radius 3 is 2.79 bits per heavy atom. The van der Waals surface area contributed by atoms with Gasteiger partial charge in [0.15, 0.2) is 16.5 Å². The fraction of sp³-hybridized carbons (Fsp3) is 0.385. The molecule has 0 amide bonds. The molecule has 0 aliphatic heterocycles. The average molecular weight is 277 g/mol. The Bertz CT molecular complexity index is 540. The van der Waals surface area contributed by atoms with Crippen molar-refractivity contribution in [1.29, 1.82) is 0 Å². The third-order valence-electron chi connectivity index (χ3n) is 2.40. The van der Waals surface area contributed by atoms with Crippen LogP contribution < -0.4 is 0 Å². The third-order valence-corrected chi connectivity index (χ3v) is 3.24. The van der Waals surface area contributed by atoms with Crippen molar-refractivity contribution in [3.05, 3.63) is 29.5 Å². The molecule has 100 valence electrons. The number of thiazole rings is 1. The molecule has 5 nitrogen and oxygen atoms in total. The van der Waals surface area contributed by atoms with E-state index in [-0.39, 0.29) is 5.97 Å². The van der Waals surface area contributed by atoms with Crippen LogP contribution in [-0.2, 0) is 4.74 Å². The smallest absolute Gasteiger partial charge is 0.357 e. The summed E-state index contributed by atoms with van der Waals surface area (Å²) in [6.45, 7) is 4.59. The highest BCUT2D eigenvalue weighted by Crippen LogP contribution is 2.20. The van der Waals surface area contributed by atoms with Crippen molar-refractivity contribution in [3.63, 3.8) is 0 Å². The Labute approximate surface area is 115 Å². The molecule has 0 saturated carbocycles. The molecule has 2 aromatic heterocycles. The molecule has 2 rings (SSSR count). The summed E-state index contributed by atoms with van der Waals surface area (Å²) in [4.78, 5) is 24.1. The summed E-state index contributed by atoms with van der Waals surface area (Å²) in [7, 11) is 0. The van der Waals surface area contributed by atoms with Gasteiger partial charge in [0, 0.05) is 17.8 Å². The lowest BCUT2D eigenvalue weighted by Gasteiger charge is -2.04. The van der Waals surface area contributed by atoms with Gasteiger partial charge >= 0.3 is 5.97 Å². The van der Waals surface area contributed by atoms with Crippen molar-refractivity contribution < 1.29 is 9.53 Å². The minimum absolute atomic E-state index is 0.316. The molecule has 0 saturated heterocycles. The van der Waals surface area contributed by atoms with Crippen LogP contribution in [0.15, 0.2) is 23.8 Å². The Balaban J connectivity index is 1.99. The van der Waals surface area contributed by atoms with Crippen molar-refractivity contribution in [2.24, 2.45) is 5.92 Å². The summed E-state index contributed by atoms with van der Waals surface area (Å²) >= 11 is 1.33. The predicted octanol–water partition coefficient (Wildman–Crippen LogP) is 2.80. The normalized spacial score (nSPS) is 10.7. The van der Waals surface area contributed by atoms with E-state index in [0.29, 0.717) is 29.1 Å².